The Hall–Kier alpha value is -8.79. The van der Waals surface area contributed by atoms with Crippen molar-refractivity contribution in [1.29, 1.82) is 0 Å². The molecule has 0 saturated carbocycles. The summed E-state index contributed by atoms with van der Waals surface area (Å²) in [7, 11) is 10.1. The van der Waals surface area contributed by atoms with Crippen LogP contribution in [0, 0.1) is 132 Å². The molecule has 0 atom stereocenters. The number of nitrogens with one attached hydrogen (secondary N) is 1. The Morgan fingerprint density at radius 3 is 0.768 bits per heavy atom. The number of amides is 1. The van der Waals surface area contributed by atoms with Gasteiger partial charge in [0.05, 0.1) is 50.7 Å². The second-order valence-electron chi connectivity index (χ2n) is 50.1. The highest BCUT2D eigenvalue weighted by Gasteiger charge is 2.32. The molecule has 0 bridgehead atoms. The number of carbonyl (C=O) groups excluding carboxylic acids is 1. The molecule has 26 heteroatoms. The first-order valence-electron chi connectivity index (χ1n) is 52.3. The average molecular weight is 1960 g/mol. The summed E-state index contributed by atoms with van der Waals surface area (Å²) in [6.45, 7) is 115. The maximum Gasteiger partial charge on any atom is 0.236 e. The molecule has 0 unspecified atom stereocenters. The Bertz CT molecular complexity index is 5370. The van der Waals surface area contributed by atoms with Gasteiger partial charge in [0.1, 0.15) is 41.3 Å². The van der Waals surface area contributed by atoms with E-state index < -0.39 is 0 Å². The average Bonchev–Trinajstić information content (AvgIpc) is 1.59. The van der Waals surface area contributed by atoms with E-state index in [9.17, 15) is 4.79 Å². The van der Waals surface area contributed by atoms with E-state index in [1.165, 1.54) is 120 Å². The Labute approximate surface area is 862 Å². The van der Waals surface area contributed by atoms with Crippen molar-refractivity contribution in [3.63, 3.8) is 0 Å². The number of likely N-dealkylation sites (tertiary alicyclic amines) is 2. The maximum absolute atomic E-state index is 11.8. The largest absolute Gasteiger partial charge is 0.343 e. The molecule has 1 N–H and O–H groups in total. The molecule has 4 fully saturated rings. The van der Waals surface area contributed by atoms with Gasteiger partial charge in [-0.3, -0.25) is 34.2 Å². The summed E-state index contributed by atoms with van der Waals surface area (Å²) in [6.07, 6.45) is 8.27. The van der Waals surface area contributed by atoms with Gasteiger partial charge in [-0.15, -0.1) is 0 Å². The lowest BCUT2D eigenvalue weighted by Crippen LogP contribution is -2.48. The first-order chi connectivity index (χ1) is 64.9. The molecule has 26 nitrogen and oxygen atoms in total. The van der Waals surface area contributed by atoms with Gasteiger partial charge in [0.2, 0.25) is 5.91 Å². The molecule has 9 aromatic heterocycles. The molecular weight excluding hydrogens is 1760 g/mol. The molecule has 792 valence electrons. The Morgan fingerprint density at radius 2 is 0.535 bits per heavy atom. The number of carbonyl (C=O) groups is 1. The van der Waals surface area contributed by atoms with Crippen LogP contribution in [0.1, 0.15) is 407 Å². The normalized spacial score (nSPS) is 15.2. The van der Waals surface area contributed by atoms with Gasteiger partial charge in [-0.2, -0.15) is 10.2 Å². The third-order valence-corrected chi connectivity index (χ3v) is 26.3. The number of hydrogen-bond acceptors (Lipinski definition) is 23. The number of aromatic nitrogens is 18. The number of aryl methyl sites for hydroxylation is 19. The molecule has 4 aliphatic rings. The van der Waals surface area contributed by atoms with Gasteiger partial charge in [0, 0.05) is 183 Å². The fraction of sp³-hybridized carbons (Fsp3) is 0.698. The molecule has 142 heavy (non-hydrogen) atoms. The van der Waals surface area contributed by atoms with Gasteiger partial charge in [-0.1, -0.05) is 193 Å². The molecule has 13 heterocycles. The van der Waals surface area contributed by atoms with Crippen LogP contribution in [-0.4, -0.2) is 230 Å². The Balaban J connectivity index is 0.000000284. The minimum absolute atomic E-state index is 0.0521. The smallest absolute Gasteiger partial charge is 0.236 e. The standard InChI is InChI=1S/C16H26N4O.C16H28N4.C16H27N3.C15H25N3.C13H23N3.C11H18N2.C10H18N2.C10H16N2.C9H16N2/c1-11-15(16(3,4)5)12(2)18-13(17-11)9-20-8-7-19(6)14(21)10-20;1-12-15(16(3,4)5)13(2)18-14(17-12)11-20-9-7-19(6)8-10-20;1-12-15(16(3,4)5)13(2)18-14(17-12)11-19-9-7-6-8-10-19;1-11-14(15(3,4)5)12(2)17-13(16-11)10-18-8-6-7-9-18;1-9-12(13(3,4)5)10(2)15-11(14-9)8-16(6)7;1-7-10(11(4,5)6)8(2)13-9(3)12-7;1-7-9(10(3,4)5)8(2)12(6)11-7;1-7-9(10(3,4)5)8(2)12-6-11-7;1-6-8(9(3,4)5)7(2)11-10-6/h7-10H2,1-6H3;7-11H2,1-6H3;6-11H2,1-5H3;6-10H2,1-5H3;8H2,1-7H3;1-6H3;1-6H3;6H,1-5H3;1-5H3,(H,10,11). The van der Waals surface area contributed by atoms with Gasteiger partial charge in [0.25, 0.3) is 0 Å². The molecule has 9 aromatic rings. The second kappa shape index (κ2) is 51.5. The number of piperazine rings is 2. The van der Waals surface area contributed by atoms with Crippen molar-refractivity contribution in [2.45, 2.75) is 432 Å². The highest BCUT2D eigenvalue weighted by molar-refractivity contribution is 5.78. The summed E-state index contributed by atoms with van der Waals surface area (Å²) in [5, 5.41) is 11.5. The van der Waals surface area contributed by atoms with E-state index in [1.54, 1.807) is 11.2 Å². The first kappa shape index (κ1) is 124. The van der Waals surface area contributed by atoms with Crippen LogP contribution in [0.5, 0.6) is 0 Å². The minimum atomic E-state index is 0.0521. The fourth-order valence-electron chi connectivity index (χ4n) is 22.0. The van der Waals surface area contributed by atoms with E-state index in [1.807, 2.05) is 74.4 Å². The van der Waals surface area contributed by atoms with Crippen molar-refractivity contribution in [3.8, 4) is 0 Å². The van der Waals surface area contributed by atoms with Crippen molar-refractivity contribution in [1.82, 2.24) is 124 Å². The molecule has 1 amide bonds. The van der Waals surface area contributed by atoms with Crippen molar-refractivity contribution < 1.29 is 4.79 Å². The minimum Gasteiger partial charge on any atom is -0.343 e. The molecule has 13 rings (SSSR count). The van der Waals surface area contributed by atoms with Crippen molar-refractivity contribution in [2.75, 3.05) is 100 Å². The van der Waals surface area contributed by atoms with Crippen molar-refractivity contribution in [2.24, 2.45) is 7.05 Å². The zero-order valence-electron chi connectivity index (χ0n) is 99.6. The van der Waals surface area contributed by atoms with E-state index in [0.717, 1.165) is 191 Å². The molecule has 4 aliphatic heterocycles. The fourth-order valence-corrected chi connectivity index (χ4v) is 22.0. The quantitative estimate of drug-likeness (QED) is 0.133. The number of H-pyrrole nitrogens is 1. The molecule has 0 spiro atoms. The van der Waals surface area contributed by atoms with Crippen LogP contribution in [0.25, 0.3) is 0 Å². The van der Waals surface area contributed by atoms with Crippen molar-refractivity contribution >= 4 is 5.91 Å². The highest BCUT2D eigenvalue weighted by atomic mass is 16.2. The summed E-state index contributed by atoms with van der Waals surface area (Å²) < 4.78 is 1.95. The summed E-state index contributed by atoms with van der Waals surface area (Å²) in [5.41, 5.74) is 33.2. The van der Waals surface area contributed by atoms with Gasteiger partial charge >= 0.3 is 0 Å². The molecule has 0 aliphatic carbocycles. The molecular formula is C116H197N25O. The number of likely N-dealkylation sites (N-methyl/N-ethyl adjacent to an activating group) is 2. The van der Waals surface area contributed by atoms with Crippen LogP contribution in [0.4, 0.5) is 0 Å². The van der Waals surface area contributed by atoms with Crippen LogP contribution in [0.15, 0.2) is 6.33 Å². The number of aromatic amines is 1. The number of piperidine rings is 1. The van der Waals surface area contributed by atoms with Crippen LogP contribution in [-0.2, 0) is 93.3 Å². The van der Waals surface area contributed by atoms with Gasteiger partial charge in [-0.25, -0.2) is 69.8 Å². The zero-order chi connectivity index (χ0) is 108. The second-order valence-corrected chi connectivity index (χ2v) is 50.1. The number of hydrogen-bond donors (Lipinski definition) is 1. The van der Waals surface area contributed by atoms with Gasteiger partial charge in [0.15, 0.2) is 0 Å². The molecule has 0 radical (unpaired) electrons. The highest BCUT2D eigenvalue weighted by Crippen LogP contribution is 2.36. The first-order valence-corrected chi connectivity index (χ1v) is 52.3. The van der Waals surface area contributed by atoms with Crippen LogP contribution >= 0.6 is 0 Å². The lowest BCUT2D eigenvalue weighted by Gasteiger charge is -2.32. The predicted molar refractivity (Wildman–Crippen MR) is 591 cm³/mol. The zero-order valence-corrected chi connectivity index (χ0v) is 99.6. The lowest BCUT2D eigenvalue weighted by atomic mass is 9.85. The third-order valence-electron chi connectivity index (χ3n) is 26.3. The summed E-state index contributed by atoms with van der Waals surface area (Å²) in [6, 6.07) is 0. The number of rotatable bonds is 10. The number of nitrogens with zero attached hydrogens (tertiary/aromatic N) is 24. The Morgan fingerprint density at radius 1 is 0.282 bits per heavy atom. The van der Waals surface area contributed by atoms with E-state index >= 15 is 0 Å². The van der Waals surface area contributed by atoms with E-state index in [0.29, 0.717) is 13.1 Å². The Kier molecular flexibility index (Phi) is 44.9. The van der Waals surface area contributed by atoms with Crippen molar-refractivity contribution in [3.05, 3.63) is 194 Å². The van der Waals surface area contributed by atoms with E-state index in [-0.39, 0.29) is 54.6 Å². The van der Waals surface area contributed by atoms with E-state index in [4.69, 9.17) is 29.9 Å². The van der Waals surface area contributed by atoms with Gasteiger partial charge < -0.3 is 14.7 Å². The summed E-state index contributed by atoms with van der Waals surface area (Å²) >= 11 is 0. The van der Waals surface area contributed by atoms with Crippen LogP contribution in [0.2, 0.25) is 0 Å². The maximum atomic E-state index is 11.8. The van der Waals surface area contributed by atoms with Gasteiger partial charge in [-0.05, 0) is 264 Å². The van der Waals surface area contributed by atoms with Crippen LogP contribution in [0.3, 0.4) is 0 Å². The topological polar surface area (TPSA) is 267 Å². The third kappa shape index (κ3) is 37.9. The van der Waals surface area contributed by atoms with Crippen LogP contribution < -0.4 is 0 Å². The predicted octanol–water partition coefficient (Wildman–Crippen LogP) is 22.4. The lowest BCUT2D eigenvalue weighted by molar-refractivity contribution is -0.134. The molecule has 0 aromatic carbocycles. The SMILES string of the molecule is Cc1n[nH]c(C)c1C(C)(C)C.Cc1nc(C)c(C(C)(C)C)c(C)n1.Cc1nc(CN(C)C)nc(C)c1C(C)(C)C.Cc1nc(CN2CCCC2)nc(C)c1C(C)(C)C.Cc1nc(CN2CCCCC2)nc(C)c1C(C)(C)C.Cc1nc(CN2CCN(C)C(=O)C2)nc(C)c1C(C)(C)C.Cc1nc(CN2CCN(C)CC2)nc(C)c1C(C)(C)C.Cc1ncnc(C)c1C(C)(C)C.Cc1nn(C)c(C)c1C(C)(C)C. The summed E-state index contributed by atoms with van der Waals surface area (Å²) in [4.78, 5) is 91.6. The molecule has 4 saturated heterocycles. The summed E-state index contributed by atoms with van der Waals surface area (Å²) in [5.74, 6) is 5.70. The monoisotopic (exact) mass is 1960 g/mol. The van der Waals surface area contributed by atoms with E-state index in [2.05, 4.69) is 369 Å².